The van der Waals surface area contributed by atoms with Crippen LogP contribution < -0.4 is 10.6 Å². The first kappa shape index (κ1) is 12.9. The van der Waals surface area contributed by atoms with E-state index in [2.05, 4.69) is 17.6 Å². The third-order valence-corrected chi connectivity index (χ3v) is 4.31. The molecule has 0 aromatic rings. The van der Waals surface area contributed by atoms with E-state index in [1.165, 1.54) is 25.7 Å². The predicted octanol–water partition coefficient (Wildman–Crippen LogP) is 1.93. The zero-order valence-electron chi connectivity index (χ0n) is 11.0. The molecule has 17 heavy (non-hydrogen) atoms. The van der Waals surface area contributed by atoms with Crippen molar-refractivity contribution in [3.63, 3.8) is 0 Å². The molecule has 1 saturated carbocycles. The van der Waals surface area contributed by atoms with E-state index in [-0.39, 0.29) is 5.91 Å². The number of rotatable bonds is 5. The van der Waals surface area contributed by atoms with Crippen molar-refractivity contribution < 1.29 is 4.79 Å². The van der Waals surface area contributed by atoms with Crippen molar-refractivity contribution in [2.45, 2.75) is 45.4 Å². The fourth-order valence-electron chi connectivity index (χ4n) is 3.22. The maximum Gasteiger partial charge on any atom is 0.220 e. The topological polar surface area (TPSA) is 41.1 Å². The molecule has 0 aromatic carbocycles. The highest BCUT2D eigenvalue weighted by atomic mass is 16.1. The maximum absolute atomic E-state index is 11.8. The van der Waals surface area contributed by atoms with Gasteiger partial charge in [0.05, 0.1) is 0 Å². The zero-order valence-corrected chi connectivity index (χ0v) is 11.0. The Labute approximate surface area is 105 Å². The molecule has 0 spiro atoms. The first-order valence-corrected chi connectivity index (χ1v) is 7.21. The Kier molecular flexibility index (Phi) is 4.84. The molecule has 0 radical (unpaired) electrons. The highest BCUT2D eigenvalue weighted by Gasteiger charge is 2.23. The molecule has 2 fully saturated rings. The molecule has 3 heteroatoms. The van der Waals surface area contributed by atoms with Gasteiger partial charge in [-0.1, -0.05) is 13.3 Å². The summed E-state index contributed by atoms with van der Waals surface area (Å²) >= 11 is 0. The van der Waals surface area contributed by atoms with E-state index in [0.717, 1.165) is 44.3 Å². The minimum atomic E-state index is 0.273. The van der Waals surface area contributed by atoms with Gasteiger partial charge in [0.1, 0.15) is 0 Å². The van der Waals surface area contributed by atoms with Crippen molar-refractivity contribution in [1.82, 2.24) is 10.6 Å². The Morgan fingerprint density at radius 1 is 1.29 bits per heavy atom. The summed E-state index contributed by atoms with van der Waals surface area (Å²) < 4.78 is 0. The van der Waals surface area contributed by atoms with Crippen LogP contribution in [0.15, 0.2) is 0 Å². The second kappa shape index (κ2) is 6.39. The zero-order chi connectivity index (χ0) is 12.1. The lowest BCUT2D eigenvalue weighted by Crippen LogP contribution is -2.27. The van der Waals surface area contributed by atoms with Crippen molar-refractivity contribution >= 4 is 5.91 Å². The van der Waals surface area contributed by atoms with Gasteiger partial charge in [-0.3, -0.25) is 4.79 Å². The summed E-state index contributed by atoms with van der Waals surface area (Å²) in [6.07, 6.45) is 6.98. The number of carbonyl (C=O) groups excluding carboxylic acids is 1. The molecule has 2 rings (SSSR count). The average molecular weight is 238 g/mol. The SMILES string of the molecule is CC1CCC(CC(=O)NCCC2CCNC2)C1. The van der Waals surface area contributed by atoms with Gasteiger partial charge in [-0.2, -0.15) is 0 Å². The van der Waals surface area contributed by atoms with E-state index in [9.17, 15) is 4.79 Å². The van der Waals surface area contributed by atoms with Crippen LogP contribution in [0.5, 0.6) is 0 Å². The maximum atomic E-state index is 11.8. The molecule has 98 valence electrons. The summed E-state index contributed by atoms with van der Waals surface area (Å²) in [6.45, 7) is 5.45. The van der Waals surface area contributed by atoms with Crippen LogP contribution in [-0.2, 0) is 4.79 Å². The molecule has 1 heterocycles. The van der Waals surface area contributed by atoms with E-state index in [1.54, 1.807) is 0 Å². The summed E-state index contributed by atoms with van der Waals surface area (Å²) in [5.74, 6) is 2.53. The van der Waals surface area contributed by atoms with Gasteiger partial charge in [-0.25, -0.2) is 0 Å². The normalized spacial score (nSPS) is 32.9. The smallest absolute Gasteiger partial charge is 0.220 e. The van der Waals surface area contributed by atoms with Gasteiger partial charge in [-0.15, -0.1) is 0 Å². The molecule has 0 aromatic heterocycles. The van der Waals surface area contributed by atoms with Crippen LogP contribution in [-0.4, -0.2) is 25.5 Å². The fourth-order valence-corrected chi connectivity index (χ4v) is 3.22. The van der Waals surface area contributed by atoms with E-state index >= 15 is 0 Å². The van der Waals surface area contributed by atoms with Crippen LogP contribution in [0.2, 0.25) is 0 Å². The quantitative estimate of drug-likeness (QED) is 0.768. The highest BCUT2D eigenvalue weighted by Crippen LogP contribution is 2.32. The lowest BCUT2D eigenvalue weighted by Gasteiger charge is -2.12. The Morgan fingerprint density at radius 2 is 2.18 bits per heavy atom. The summed E-state index contributed by atoms with van der Waals surface area (Å²) in [5, 5.41) is 6.45. The van der Waals surface area contributed by atoms with Crippen molar-refractivity contribution in [3.8, 4) is 0 Å². The Morgan fingerprint density at radius 3 is 2.82 bits per heavy atom. The number of nitrogens with one attached hydrogen (secondary N) is 2. The largest absolute Gasteiger partial charge is 0.356 e. The van der Waals surface area contributed by atoms with E-state index in [0.29, 0.717) is 5.92 Å². The lowest BCUT2D eigenvalue weighted by atomic mass is 10.0. The van der Waals surface area contributed by atoms with E-state index < -0.39 is 0 Å². The lowest BCUT2D eigenvalue weighted by molar-refractivity contribution is -0.122. The fraction of sp³-hybridized carbons (Fsp3) is 0.929. The monoisotopic (exact) mass is 238 g/mol. The van der Waals surface area contributed by atoms with E-state index in [1.807, 2.05) is 0 Å². The van der Waals surface area contributed by atoms with Gasteiger partial charge in [-0.05, 0) is 56.5 Å². The second-order valence-electron chi connectivity index (χ2n) is 5.99. The van der Waals surface area contributed by atoms with E-state index in [4.69, 9.17) is 0 Å². The number of carbonyl (C=O) groups is 1. The summed E-state index contributed by atoms with van der Waals surface area (Å²) in [5.41, 5.74) is 0. The highest BCUT2D eigenvalue weighted by molar-refractivity contribution is 5.76. The van der Waals surface area contributed by atoms with Crippen molar-refractivity contribution in [2.24, 2.45) is 17.8 Å². The van der Waals surface area contributed by atoms with Crippen LogP contribution in [0.1, 0.15) is 45.4 Å². The molecule has 3 unspecified atom stereocenters. The molecule has 2 aliphatic rings. The van der Waals surface area contributed by atoms with Crippen molar-refractivity contribution in [1.29, 1.82) is 0 Å². The molecule has 3 nitrogen and oxygen atoms in total. The van der Waals surface area contributed by atoms with Gasteiger partial charge >= 0.3 is 0 Å². The molecular weight excluding hydrogens is 212 g/mol. The van der Waals surface area contributed by atoms with Crippen LogP contribution >= 0.6 is 0 Å². The van der Waals surface area contributed by atoms with Crippen molar-refractivity contribution in [3.05, 3.63) is 0 Å². The molecule has 1 amide bonds. The van der Waals surface area contributed by atoms with Gasteiger partial charge in [0.15, 0.2) is 0 Å². The summed E-state index contributed by atoms with van der Waals surface area (Å²) in [4.78, 5) is 11.8. The third kappa shape index (κ3) is 4.30. The number of amides is 1. The summed E-state index contributed by atoms with van der Waals surface area (Å²) in [6, 6.07) is 0. The first-order chi connectivity index (χ1) is 8.24. The molecule has 1 aliphatic heterocycles. The Hall–Kier alpha value is -0.570. The Bertz CT molecular complexity index is 249. The minimum absolute atomic E-state index is 0.273. The van der Waals surface area contributed by atoms with Gasteiger partial charge < -0.3 is 10.6 Å². The molecule has 1 aliphatic carbocycles. The first-order valence-electron chi connectivity index (χ1n) is 7.21. The molecule has 0 bridgehead atoms. The second-order valence-corrected chi connectivity index (χ2v) is 5.99. The minimum Gasteiger partial charge on any atom is -0.356 e. The van der Waals surface area contributed by atoms with Crippen LogP contribution in [0.4, 0.5) is 0 Å². The van der Waals surface area contributed by atoms with Gasteiger partial charge in [0.25, 0.3) is 0 Å². The standard InChI is InChI=1S/C14H26N2O/c1-11-2-3-13(8-11)9-14(17)16-7-5-12-4-6-15-10-12/h11-13,15H,2-10H2,1H3,(H,16,17). The molecule has 2 N–H and O–H groups in total. The Balaban J connectivity index is 1.54. The van der Waals surface area contributed by atoms with Gasteiger partial charge in [0.2, 0.25) is 5.91 Å². The predicted molar refractivity (Wildman–Crippen MR) is 69.7 cm³/mol. The molecular formula is C14H26N2O. The van der Waals surface area contributed by atoms with Crippen molar-refractivity contribution in [2.75, 3.05) is 19.6 Å². The van der Waals surface area contributed by atoms with Crippen LogP contribution in [0, 0.1) is 17.8 Å². The van der Waals surface area contributed by atoms with Gasteiger partial charge in [0, 0.05) is 13.0 Å². The number of hydrogen-bond donors (Lipinski definition) is 2. The number of hydrogen-bond acceptors (Lipinski definition) is 2. The molecule has 1 saturated heterocycles. The van der Waals surface area contributed by atoms with Crippen LogP contribution in [0.3, 0.4) is 0 Å². The molecule has 3 atom stereocenters. The van der Waals surface area contributed by atoms with Crippen LogP contribution in [0.25, 0.3) is 0 Å². The average Bonchev–Trinajstić information content (AvgIpc) is 2.90. The third-order valence-electron chi connectivity index (χ3n) is 4.31. The summed E-state index contributed by atoms with van der Waals surface area (Å²) in [7, 11) is 0.